The highest BCUT2D eigenvalue weighted by atomic mass is 32.2. The predicted octanol–water partition coefficient (Wildman–Crippen LogP) is 5.30. The number of carbonyl (C=O) groups excluding carboxylic acids is 2. The summed E-state index contributed by atoms with van der Waals surface area (Å²) < 4.78 is 6.91. The van der Waals surface area contributed by atoms with Crippen molar-refractivity contribution in [2.45, 2.75) is 38.1 Å². The van der Waals surface area contributed by atoms with Crippen molar-refractivity contribution in [2.24, 2.45) is 0 Å². The molecule has 1 amide bonds. The third-order valence-electron chi connectivity index (χ3n) is 5.26. The van der Waals surface area contributed by atoms with Crippen LogP contribution >= 0.6 is 23.1 Å². The van der Waals surface area contributed by atoms with E-state index in [4.69, 9.17) is 4.74 Å². The van der Waals surface area contributed by atoms with Crippen LogP contribution < -0.4 is 5.32 Å². The molecule has 0 aliphatic heterocycles. The predicted molar refractivity (Wildman–Crippen MR) is 138 cm³/mol. The van der Waals surface area contributed by atoms with Crippen LogP contribution in [0.25, 0.3) is 16.8 Å². The molecule has 0 radical (unpaired) electrons. The summed E-state index contributed by atoms with van der Waals surface area (Å²) in [6, 6.07) is 15.6. The number of benzene rings is 2. The number of tetrazole rings is 1. The van der Waals surface area contributed by atoms with Crippen LogP contribution in [0.2, 0.25) is 0 Å². The van der Waals surface area contributed by atoms with Crippen molar-refractivity contribution in [2.75, 3.05) is 11.9 Å². The van der Waals surface area contributed by atoms with Crippen LogP contribution in [0.4, 0.5) is 5.00 Å². The Hall–Kier alpha value is -3.50. The Morgan fingerprint density at radius 3 is 2.66 bits per heavy atom. The van der Waals surface area contributed by atoms with Crippen LogP contribution in [0.5, 0.6) is 0 Å². The van der Waals surface area contributed by atoms with Crippen molar-refractivity contribution >= 4 is 40.0 Å². The maximum Gasteiger partial charge on any atom is 0.341 e. The smallest absolute Gasteiger partial charge is 0.341 e. The Labute approximate surface area is 211 Å². The fourth-order valence-electron chi connectivity index (χ4n) is 3.56. The second kappa shape index (κ2) is 10.8. The van der Waals surface area contributed by atoms with Gasteiger partial charge in [-0.15, -0.1) is 16.4 Å². The minimum Gasteiger partial charge on any atom is -0.462 e. The van der Waals surface area contributed by atoms with E-state index in [1.807, 2.05) is 61.7 Å². The Kier molecular flexibility index (Phi) is 7.62. The highest BCUT2D eigenvalue weighted by Gasteiger charge is 2.26. The number of amides is 1. The Morgan fingerprint density at radius 1 is 1.17 bits per heavy atom. The molecular formula is C25H25N5O3S2. The summed E-state index contributed by atoms with van der Waals surface area (Å²) in [5, 5.41) is 17.2. The average molecular weight is 508 g/mol. The first-order chi connectivity index (χ1) is 16.9. The number of rotatable bonds is 8. The molecule has 1 atom stereocenters. The summed E-state index contributed by atoms with van der Waals surface area (Å²) in [6.45, 7) is 7.78. The van der Waals surface area contributed by atoms with E-state index in [0.29, 0.717) is 15.7 Å². The Balaban J connectivity index is 1.56. The molecule has 2 heterocycles. The third kappa shape index (κ3) is 5.44. The Bertz CT molecular complexity index is 1350. The lowest BCUT2D eigenvalue weighted by atomic mass is 10.0. The fraction of sp³-hybridized carbons (Fsp3) is 0.240. The summed E-state index contributed by atoms with van der Waals surface area (Å²) in [6.07, 6.45) is 0. The van der Waals surface area contributed by atoms with E-state index in [9.17, 15) is 9.59 Å². The van der Waals surface area contributed by atoms with Gasteiger partial charge in [0.05, 0.1) is 17.5 Å². The van der Waals surface area contributed by atoms with Crippen LogP contribution in [0, 0.1) is 13.8 Å². The normalized spacial score (nSPS) is 11.8. The quantitative estimate of drug-likeness (QED) is 0.255. The minimum absolute atomic E-state index is 0.240. The van der Waals surface area contributed by atoms with Gasteiger partial charge in [0.25, 0.3) is 0 Å². The molecule has 180 valence electrons. The van der Waals surface area contributed by atoms with Crippen molar-refractivity contribution < 1.29 is 14.3 Å². The number of nitrogens with zero attached hydrogens (tertiary/aromatic N) is 4. The number of hydrogen-bond acceptors (Lipinski definition) is 8. The molecule has 0 saturated carbocycles. The molecule has 4 aromatic rings. The van der Waals surface area contributed by atoms with Crippen LogP contribution in [0.3, 0.4) is 0 Å². The Morgan fingerprint density at radius 2 is 1.94 bits per heavy atom. The molecule has 8 nitrogen and oxygen atoms in total. The van der Waals surface area contributed by atoms with E-state index in [-0.39, 0.29) is 12.5 Å². The molecule has 0 saturated heterocycles. The van der Waals surface area contributed by atoms with Crippen LogP contribution in [-0.2, 0) is 9.53 Å². The molecular weight excluding hydrogens is 482 g/mol. The molecule has 10 heteroatoms. The van der Waals surface area contributed by atoms with Crippen molar-refractivity contribution in [3.8, 4) is 16.8 Å². The van der Waals surface area contributed by atoms with Gasteiger partial charge in [0.1, 0.15) is 10.6 Å². The molecule has 0 bridgehead atoms. The molecule has 2 aromatic heterocycles. The topological polar surface area (TPSA) is 99.0 Å². The summed E-state index contributed by atoms with van der Waals surface area (Å²) in [5.74, 6) is -0.737. The van der Waals surface area contributed by atoms with Crippen LogP contribution in [0.15, 0.2) is 59.1 Å². The van der Waals surface area contributed by atoms with E-state index >= 15 is 0 Å². The summed E-state index contributed by atoms with van der Waals surface area (Å²) in [5.41, 5.74) is 4.98. The van der Waals surface area contributed by atoms with Gasteiger partial charge in [0.15, 0.2) is 0 Å². The zero-order chi connectivity index (χ0) is 24.9. The van der Waals surface area contributed by atoms with E-state index in [1.54, 1.807) is 18.5 Å². The highest BCUT2D eigenvalue weighted by Crippen LogP contribution is 2.37. The SMILES string of the molecule is CCOC(=O)c1c(-c2ccccc2)csc1NC(=O)[C@@H](C)Sc1nnnn1-c1ccc(C)cc1C. The first-order valence-corrected chi connectivity index (χ1v) is 12.8. The van der Waals surface area contributed by atoms with Crippen LogP contribution in [-0.4, -0.2) is 43.9 Å². The van der Waals surface area contributed by atoms with Crippen molar-refractivity contribution in [1.82, 2.24) is 20.2 Å². The average Bonchev–Trinajstić information content (AvgIpc) is 3.47. The number of hydrogen-bond donors (Lipinski definition) is 1. The molecule has 4 rings (SSSR count). The van der Waals surface area contributed by atoms with Gasteiger partial charge < -0.3 is 10.1 Å². The molecule has 0 fully saturated rings. The van der Waals surface area contributed by atoms with Gasteiger partial charge in [-0.1, -0.05) is 59.8 Å². The van der Waals surface area contributed by atoms with E-state index in [0.717, 1.165) is 27.9 Å². The second-order valence-corrected chi connectivity index (χ2v) is 10.0. The largest absolute Gasteiger partial charge is 0.462 e. The monoisotopic (exact) mass is 507 g/mol. The zero-order valence-corrected chi connectivity index (χ0v) is 21.4. The number of carbonyl (C=O) groups is 2. The summed E-state index contributed by atoms with van der Waals surface area (Å²) in [4.78, 5) is 25.9. The minimum atomic E-state index is -0.525. The number of ether oxygens (including phenoxy) is 1. The van der Waals surface area contributed by atoms with Crippen molar-refractivity contribution in [3.05, 3.63) is 70.6 Å². The lowest BCUT2D eigenvalue weighted by Crippen LogP contribution is -2.23. The number of esters is 1. The molecule has 1 N–H and O–H groups in total. The third-order valence-corrected chi connectivity index (χ3v) is 7.19. The fourth-order valence-corrected chi connectivity index (χ4v) is 5.32. The maximum atomic E-state index is 13.1. The molecule has 0 aliphatic rings. The number of anilines is 1. The summed E-state index contributed by atoms with van der Waals surface area (Å²) >= 11 is 2.54. The van der Waals surface area contributed by atoms with Crippen LogP contribution in [0.1, 0.15) is 35.3 Å². The van der Waals surface area contributed by atoms with Gasteiger partial charge in [-0.2, -0.15) is 4.68 Å². The number of aromatic nitrogens is 4. The molecule has 2 aromatic carbocycles. The van der Waals surface area contributed by atoms with Crippen molar-refractivity contribution in [1.29, 1.82) is 0 Å². The number of thioether (sulfide) groups is 1. The van der Waals surface area contributed by atoms with Gasteiger partial charge in [0.2, 0.25) is 11.1 Å². The second-order valence-electron chi connectivity index (χ2n) is 7.85. The van der Waals surface area contributed by atoms with E-state index in [2.05, 4.69) is 26.9 Å². The first kappa shape index (κ1) is 24.6. The lowest BCUT2D eigenvalue weighted by Gasteiger charge is -2.13. The van der Waals surface area contributed by atoms with Gasteiger partial charge >= 0.3 is 5.97 Å². The maximum absolute atomic E-state index is 13.1. The number of thiophene rings is 1. The standard InChI is InChI=1S/C25H25N5O3S2/c1-5-33-24(32)21-19(18-9-7-6-8-10-18)14-34-23(21)26-22(31)17(4)35-25-27-28-29-30(25)20-12-11-15(2)13-16(20)3/h6-14,17H,5H2,1-4H3,(H,26,31)/t17-/m1/s1. The number of nitrogens with one attached hydrogen (secondary N) is 1. The van der Waals surface area contributed by atoms with Gasteiger partial charge in [-0.3, -0.25) is 4.79 Å². The molecule has 0 aliphatic carbocycles. The molecule has 35 heavy (non-hydrogen) atoms. The number of aryl methyl sites for hydroxylation is 2. The van der Waals surface area contributed by atoms with E-state index in [1.165, 1.54) is 23.1 Å². The van der Waals surface area contributed by atoms with Crippen molar-refractivity contribution in [3.63, 3.8) is 0 Å². The lowest BCUT2D eigenvalue weighted by molar-refractivity contribution is -0.115. The van der Waals surface area contributed by atoms with E-state index < -0.39 is 11.2 Å². The first-order valence-electron chi connectivity index (χ1n) is 11.1. The molecule has 0 unspecified atom stereocenters. The molecule has 0 spiro atoms. The zero-order valence-electron chi connectivity index (χ0n) is 19.8. The van der Waals surface area contributed by atoms with Gasteiger partial charge in [-0.05, 0) is 55.3 Å². The summed E-state index contributed by atoms with van der Waals surface area (Å²) in [7, 11) is 0. The van der Waals surface area contributed by atoms with Gasteiger partial charge in [0, 0.05) is 10.9 Å². The highest BCUT2D eigenvalue weighted by molar-refractivity contribution is 8.00. The van der Waals surface area contributed by atoms with Gasteiger partial charge in [-0.25, -0.2) is 4.79 Å².